The van der Waals surface area contributed by atoms with Crippen LogP contribution in [0.2, 0.25) is 0 Å². The Bertz CT molecular complexity index is 287. The SMILES string of the molecule is CCN(C(=O)N1CCCC1)C(C)C.C[C@H](N)C(=O)O. The fraction of sp³-hybridized carbons (Fsp3) is 0.846. The number of amides is 2. The molecular formula is C13H27N3O3. The lowest BCUT2D eigenvalue weighted by atomic mass is 10.3. The third-order valence-electron chi connectivity index (χ3n) is 2.98. The highest BCUT2D eigenvalue weighted by Gasteiger charge is 2.23. The van der Waals surface area contributed by atoms with Gasteiger partial charge in [-0.25, -0.2) is 4.79 Å². The molecule has 1 fully saturated rings. The molecule has 0 radical (unpaired) electrons. The standard InChI is InChI=1S/C10H20N2O.C3H7NO2/c1-4-12(9(2)3)10(13)11-7-5-6-8-11;1-2(4)3(5)6/h9H,4-8H2,1-3H3;2H,4H2,1H3,(H,5,6)/t;2-/m.0/s1. The summed E-state index contributed by atoms with van der Waals surface area (Å²) in [6, 6.07) is -0.196. The predicted molar refractivity (Wildman–Crippen MR) is 75.0 cm³/mol. The summed E-state index contributed by atoms with van der Waals surface area (Å²) in [4.78, 5) is 25.3. The summed E-state index contributed by atoms with van der Waals surface area (Å²) >= 11 is 0. The summed E-state index contributed by atoms with van der Waals surface area (Å²) in [5.74, 6) is -0.963. The molecule has 1 heterocycles. The van der Waals surface area contributed by atoms with Gasteiger partial charge in [0.05, 0.1) is 0 Å². The van der Waals surface area contributed by atoms with E-state index >= 15 is 0 Å². The van der Waals surface area contributed by atoms with E-state index in [1.54, 1.807) is 0 Å². The Hall–Kier alpha value is -1.30. The van der Waals surface area contributed by atoms with Crippen LogP contribution in [0.5, 0.6) is 0 Å². The average Bonchev–Trinajstić information content (AvgIpc) is 2.83. The third-order valence-corrected chi connectivity index (χ3v) is 2.98. The van der Waals surface area contributed by atoms with E-state index in [0.29, 0.717) is 6.04 Å². The molecule has 1 saturated heterocycles. The number of likely N-dealkylation sites (tertiary alicyclic amines) is 1. The average molecular weight is 273 g/mol. The van der Waals surface area contributed by atoms with Crippen molar-refractivity contribution >= 4 is 12.0 Å². The minimum Gasteiger partial charge on any atom is -0.480 e. The predicted octanol–water partition coefficient (Wildman–Crippen LogP) is 1.35. The Morgan fingerprint density at radius 3 is 1.95 bits per heavy atom. The normalized spacial score (nSPS) is 15.8. The second kappa shape index (κ2) is 8.74. The van der Waals surface area contributed by atoms with E-state index in [4.69, 9.17) is 10.8 Å². The number of carbonyl (C=O) groups is 2. The number of carboxylic acids is 1. The lowest BCUT2D eigenvalue weighted by Gasteiger charge is -2.29. The van der Waals surface area contributed by atoms with Crippen LogP contribution in [0.15, 0.2) is 0 Å². The van der Waals surface area contributed by atoms with Crippen molar-refractivity contribution < 1.29 is 14.7 Å². The van der Waals surface area contributed by atoms with E-state index in [2.05, 4.69) is 13.8 Å². The van der Waals surface area contributed by atoms with Gasteiger partial charge in [-0.3, -0.25) is 4.79 Å². The number of aliphatic carboxylic acids is 1. The van der Waals surface area contributed by atoms with E-state index in [-0.39, 0.29) is 6.03 Å². The molecule has 1 rings (SSSR count). The maximum atomic E-state index is 11.9. The van der Waals surface area contributed by atoms with Crippen LogP contribution in [-0.2, 0) is 4.79 Å². The summed E-state index contributed by atoms with van der Waals surface area (Å²) in [5.41, 5.74) is 4.84. The highest BCUT2D eigenvalue weighted by molar-refractivity contribution is 5.75. The monoisotopic (exact) mass is 273 g/mol. The van der Waals surface area contributed by atoms with Gasteiger partial charge in [-0.1, -0.05) is 0 Å². The van der Waals surface area contributed by atoms with Crippen molar-refractivity contribution in [3.05, 3.63) is 0 Å². The molecule has 0 aromatic heterocycles. The number of urea groups is 1. The first-order valence-corrected chi connectivity index (χ1v) is 6.85. The molecular weight excluding hydrogens is 246 g/mol. The van der Waals surface area contributed by atoms with Crippen LogP contribution in [0.25, 0.3) is 0 Å². The molecule has 3 N–H and O–H groups in total. The number of carboxylic acid groups (broad SMARTS) is 1. The zero-order chi connectivity index (χ0) is 15.0. The number of nitrogens with two attached hydrogens (primary N) is 1. The fourth-order valence-electron chi connectivity index (χ4n) is 1.81. The van der Waals surface area contributed by atoms with E-state index in [1.807, 2.05) is 16.7 Å². The van der Waals surface area contributed by atoms with Crippen molar-refractivity contribution in [3.63, 3.8) is 0 Å². The molecule has 0 saturated carbocycles. The van der Waals surface area contributed by atoms with Gasteiger partial charge in [-0.15, -0.1) is 0 Å². The first-order valence-electron chi connectivity index (χ1n) is 6.85. The van der Waals surface area contributed by atoms with Crippen molar-refractivity contribution in [2.75, 3.05) is 19.6 Å². The molecule has 0 unspecified atom stereocenters. The number of nitrogens with zero attached hydrogens (tertiary/aromatic N) is 2. The Morgan fingerprint density at radius 2 is 1.68 bits per heavy atom. The van der Waals surface area contributed by atoms with Gasteiger partial charge >= 0.3 is 12.0 Å². The van der Waals surface area contributed by atoms with Gasteiger partial charge in [-0.2, -0.15) is 0 Å². The van der Waals surface area contributed by atoms with Gasteiger partial charge in [0.25, 0.3) is 0 Å². The van der Waals surface area contributed by atoms with Crippen LogP contribution in [0.1, 0.15) is 40.5 Å². The zero-order valence-electron chi connectivity index (χ0n) is 12.4. The van der Waals surface area contributed by atoms with Crippen LogP contribution >= 0.6 is 0 Å². The summed E-state index contributed by atoms with van der Waals surface area (Å²) in [5, 5.41) is 7.87. The van der Waals surface area contributed by atoms with Crippen LogP contribution in [0.3, 0.4) is 0 Å². The highest BCUT2D eigenvalue weighted by atomic mass is 16.4. The van der Waals surface area contributed by atoms with Crippen molar-refractivity contribution in [2.45, 2.75) is 52.6 Å². The van der Waals surface area contributed by atoms with Crippen molar-refractivity contribution in [1.82, 2.24) is 9.80 Å². The Balaban J connectivity index is 0.000000459. The lowest BCUT2D eigenvalue weighted by molar-refractivity contribution is -0.138. The maximum absolute atomic E-state index is 11.9. The van der Waals surface area contributed by atoms with Gasteiger partial charge in [0.15, 0.2) is 0 Å². The summed E-state index contributed by atoms with van der Waals surface area (Å²) < 4.78 is 0. The molecule has 1 aliphatic heterocycles. The maximum Gasteiger partial charge on any atom is 0.320 e. The van der Waals surface area contributed by atoms with Gasteiger partial charge in [0, 0.05) is 25.7 Å². The molecule has 0 aromatic rings. The van der Waals surface area contributed by atoms with E-state index in [1.165, 1.54) is 19.8 Å². The number of carbonyl (C=O) groups excluding carboxylic acids is 1. The molecule has 1 aliphatic rings. The summed E-state index contributed by atoms with van der Waals surface area (Å²) in [6.45, 7) is 10.3. The summed E-state index contributed by atoms with van der Waals surface area (Å²) in [7, 11) is 0. The Morgan fingerprint density at radius 1 is 1.26 bits per heavy atom. The fourth-order valence-corrected chi connectivity index (χ4v) is 1.81. The van der Waals surface area contributed by atoms with E-state index < -0.39 is 12.0 Å². The molecule has 1 atom stereocenters. The molecule has 0 aromatic carbocycles. The molecule has 0 aliphatic carbocycles. The van der Waals surface area contributed by atoms with Crippen LogP contribution in [0, 0.1) is 0 Å². The molecule has 6 heteroatoms. The van der Waals surface area contributed by atoms with Crippen LogP contribution < -0.4 is 5.73 Å². The zero-order valence-corrected chi connectivity index (χ0v) is 12.4. The topological polar surface area (TPSA) is 86.9 Å². The van der Waals surface area contributed by atoms with Crippen molar-refractivity contribution in [3.8, 4) is 0 Å². The number of hydrogen-bond acceptors (Lipinski definition) is 3. The smallest absolute Gasteiger partial charge is 0.320 e. The van der Waals surface area contributed by atoms with Gasteiger partial charge in [0.1, 0.15) is 6.04 Å². The Kier molecular flexibility index (Phi) is 8.14. The first kappa shape index (κ1) is 17.7. The molecule has 0 bridgehead atoms. The second-order valence-corrected chi connectivity index (χ2v) is 4.98. The van der Waals surface area contributed by atoms with Crippen molar-refractivity contribution in [1.29, 1.82) is 0 Å². The summed E-state index contributed by atoms with van der Waals surface area (Å²) in [6.07, 6.45) is 2.34. The minimum absolute atomic E-state index is 0.218. The first-order chi connectivity index (χ1) is 8.81. The second-order valence-electron chi connectivity index (χ2n) is 4.98. The van der Waals surface area contributed by atoms with Crippen LogP contribution in [0.4, 0.5) is 4.79 Å². The number of hydrogen-bond donors (Lipinski definition) is 2. The molecule has 6 nitrogen and oxygen atoms in total. The quantitative estimate of drug-likeness (QED) is 0.812. The van der Waals surface area contributed by atoms with Gasteiger partial charge in [0.2, 0.25) is 0 Å². The lowest BCUT2D eigenvalue weighted by Crippen LogP contribution is -2.45. The molecule has 0 spiro atoms. The van der Waals surface area contributed by atoms with Gasteiger partial charge < -0.3 is 20.6 Å². The largest absolute Gasteiger partial charge is 0.480 e. The Labute approximate surface area is 115 Å². The van der Waals surface area contributed by atoms with Crippen molar-refractivity contribution in [2.24, 2.45) is 5.73 Å². The highest BCUT2D eigenvalue weighted by Crippen LogP contribution is 2.12. The molecule has 19 heavy (non-hydrogen) atoms. The molecule has 112 valence electrons. The number of rotatable bonds is 3. The van der Waals surface area contributed by atoms with Gasteiger partial charge in [-0.05, 0) is 40.5 Å². The molecule has 2 amide bonds. The van der Waals surface area contributed by atoms with E-state index in [9.17, 15) is 9.59 Å². The van der Waals surface area contributed by atoms with E-state index in [0.717, 1.165) is 19.6 Å². The van der Waals surface area contributed by atoms with Crippen LogP contribution in [-0.4, -0.2) is 58.6 Å². The minimum atomic E-state index is -0.963. The third kappa shape index (κ3) is 6.42.